The van der Waals surface area contributed by atoms with Crippen molar-refractivity contribution in [2.24, 2.45) is 22.5 Å². The number of hydroxylamine groups is 2. The van der Waals surface area contributed by atoms with Crippen LogP contribution < -0.4 is 36.7 Å². The molecule has 4 atom stereocenters. The second-order valence-electron chi connectivity index (χ2n) is 13.9. The van der Waals surface area contributed by atoms with Crippen molar-refractivity contribution in [1.29, 1.82) is 0 Å². The predicted octanol–water partition coefficient (Wildman–Crippen LogP) is -0.169. The molecule has 0 aliphatic carbocycles. The molecule has 9 N–H and O–H groups in total. The Hall–Kier alpha value is -4.93. The quantitative estimate of drug-likeness (QED) is 0.0431. The van der Waals surface area contributed by atoms with Crippen LogP contribution in [0, 0.1) is 5.92 Å². The average Bonchev–Trinajstić information content (AvgIpc) is 3.56. The van der Waals surface area contributed by atoms with Crippen LogP contribution in [-0.4, -0.2) is 101 Å². The first-order valence-corrected chi connectivity index (χ1v) is 19.2. The molecule has 0 bridgehead atoms. The Kier molecular flexibility index (Phi) is 10.6. The molecule has 2 amide bonds. The van der Waals surface area contributed by atoms with Crippen molar-refractivity contribution < 1.29 is 50.9 Å². The van der Waals surface area contributed by atoms with E-state index in [4.69, 9.17) is 31.3 Å². The van der Waals surface area contributed by atoms with Gasteiger partial charge in [0.05, 0.1) is 31.4 Å². The molecule has 0 saturated carbocycles. The van der Waals surface area contributed by atoms with E-state index < -0.39 is 57.2 Å². The lowest BCUT2D eigenvalue weighted by Crippen LogP contribution is -2.76. The van der Waals surface area contributed by atoms with E-state index in [1.165, 1.54) is 26.2 Å². The van der Waals surface area contributed by atoms with Crippen LogP contribution in [0.3, 0.4) is 0 Å². The number of benzene rings is 1. The molecule has 2 aromatic heterocycles. The van der Waals surface area contributed by atoms with Gasteiger partial charge in [-0.05, 0) is 62.9 Å². The lowest BCUT2D eigenvalue weighted by atomic mass is 9.84. The van der Waals surface area contributed by atoms with Gasteiger partial charge in [0.2, 0.25) is 0 Å². The maximum atomic E-state index is 13.5. The van der Waals surface area contributed by atoms with Crippen LogP contribution in [-0.2, 0) is 46.9 Å². The van der Waals surface area contributed by atoms with Crippen molar-refractivity contribution in [3.63, 3.8) is 0 Å². The lowest BCUT2D eigenvalue weighted by molar-refractivity contribution is -0.694. The molecule has 290 valence electrons. The Morgan fingerprint density at radius 2 is 1.98 bits per heavy atom. The van der Waals surface area contributed by atoms with E-state index in [2.05, 4.69) is 47.5 Å². The van der Waals surface area contributed by atoms with E-state index in [0.717, 1.165) is 53.5 Å². The van der Waals surface area contributed by atoms with Crippen molar-refractivity contribution in [3.8, 4) is 16.9 Å². The van der Waals surface area contributed by atoms with Gasteiger partial charge in [-0.3, -0.25) is 19.0 Å². The summed E-state index contributed by atoms with van der Waals surface area (Å²) in [7, 11) is -5.03. The number of β-lactam (4-membered cyclic amide) rings is 1. The molecular formula is C33H42N9O10S2+. The van der Waals surface area contributed by atoms with Crippen molar-refractivity contribution in [1.82, 2.24) is 15.4 Å². The minimum absolute atomic E-state index is 0.0631. The molecule has 1 unspecified atom stereocenters. The van der Waals surface area contributed by atoms with E-state index in [1.54, 1.807) is 6.07 Å². The first-order valence-electron chi connectivity index (χ1n) is 17.0. The van der Waals surface area contributed by atoms with Crippen LogP contribution >= 0.6 is 11.3 Å². The number of nitrogen functional groups attached to an aromatic ring is 1. The second-order valence-corrected chi connectivity index (χ2v) is 15.8. The van der Waals surface area contributed by atoms with Gasteiger partial charge in [-0.25, -0.2) is 14.3 Å². The fourth-order valence-corrected chi connectivity index (χ4v) is 7.75. The Morgan fingerprint density at radius 1 is 1.24 bits per heavy atom. The summed E-state index contributed by atoms with van der Waals surface area (Å²) in [6, 6.07) is 8.46. The van der Waals surface area contributed by atoms with Gasteiger partial charge >= 0.3 is 16.4 Å². The minimum Gasteiger partial charge on any atom is -0.485 e. The number of carboxylic acids is 1. The number of amides is 2. The number of nitrogens with two attached hydrogens (primary N) is 3. The molecule has 1 aromatic carbocycles. The summed E-state index contributed by atoms with van der Waals surface area (Å²) in [5.41, 5.74) is 16.4. The highest BCUT2D eigenvalue weighted by Crippen LogP contribution is 2.37. The van der Waals surface area contributed by atoms with Crippen LogP contribution in [0.1, 0.15) is 38.4 Å². The average molecular weight is 789 g/mol. The van der Waals surface area contributed by atoms with E-state index in [-0.39, 0.29) is 17.2 Å². The van der Waals surface area contributed by atoms with Crippen molar-refractivity contribution >= 4 is 56.2 Å². The molecule has 0 spiro atoms. The van der Waals surface area contributed by atoms with Gasteiger partial charge in [-0.2, -0.15) is 13.5 Å². The number of anilines is 2. The summed E-state index contributed by atoms with van der Waals surface area (Å²) in [5.74, 6) is -1.60. The maximum absolute atomic E-state index is 13.5. The molecule has 1 fully saturated rings. The van der Waals surface area contributed by atoms with E-state index in [1.807, 2.05) is 12.1 Å². The molecule has 19 nitrogen and oxygen atoms in total. The first kappa shape index (κ1) is 38.8. The molecule has 3 aromatic rings. The molecule has 5 heterocycles. The van der Waals surface area contributed by atoms with Crippen molar-refractivity contribution in [2.45, 2.75) is 63.4 Å². The Morgan fingerprint density at radius 3 is 2.61 bits per heavy atom. The van der Waals surface area contributed by atoms with E-state index in [0.29, 0.717) is 36.2 Å². The molecule has 21 heteroatoms. The van der Waals surface area contributed by atoms with E-state index in [9.17, 15) is 27.9 Å². The standard InChI is InChI=1S/C33H41N9O10S2/c1-32(2)27(29(44)42(32)52-54(47,48)49)38-28(43)26(22-17-53-31(36)37-22)39-51-33(3,30(45)46)24-8-5-20-12-19(4-7-23(20)50-24)21-6-9-25-40(11-10-34)14-18(13-35)15-41(25)16-21/h4,6-7,9,12,16-18,24,27H,5,8,10-11,13-15,34-35H2,1-3H3,(H4-,36,37,38,43,45,46,47,48,49)/p+1/b39-26-/t18?,24-,27-,33+/m1/s1. The third kappa shape index (κ3) is 7.54. The highest BCUT2D eigenvalue weighted by atomic mass is 32.3. The van der Waals surface area contributed by atoms with E-state index >= 15 is 0 Å². The highest BCUT2D eigenvalue weighted by molar-refractivity contribution is 7.80. The topological polar surface area (TPSA) is 279 Å². The third-order valence-corrected chi connectivity index (χ3v) is 10.8. The van der Waals surface area contributed by atoms with Crippen molar-refractivity contribution in [3.05, 3.63) is 53.2 Å². The fraction of sp³-hybridized carbons (Fsp3) is 0.455. The summed E-state index contributed by atoms with van der Waals surface area (Å²) in [6.07, 6.45) is 1.70. The molecule has 1 saturated heterocycles. The normalized spacial score (nSPS) is 21.9. The highest BCUT2D eigenvalue weighted by Gasteiger charge is 2.58. The number of carboxylic acid groups (broad SMARTS) is 1. The zero-order valence-corrected chi connectivity index (χ0v) is 31.3. The number of aliphatic carboxylic acids is 1. The van der Waals surface area contributed by atoms with Crippen LogP contribution in [0.25, 0.3) is 11.1 Å². The number of oxime groups is 1. The van der Waals surface area contributed by atoms with Crippen LogP contribution in [0.15, 0.2) is 47.1 Å². The second kappa shape index (κ2) is 14.7. The number of aryl methyl sites for hydroxylation is 1. The number of carbonyl (C=O) groups excluding carboxylic acids is 2. The number of fused-ring (bicyclic) bond motifs is 2. The maximum Gasteiger partial charge on any atom is 0.418 e. The van der Waals surface area contributed by atoms with Crippen LogP contribution in [0.5, 0.6) is 5.75 Å². The van der Waals surface area contributed by atoms with Crippen LogP contribution in [0.4, 0.5) is 10.9 Å². The smallest absolute Gasteiger partial charge is 0.418 e. The van der Waals surface area contributed by atoms with Crippen LogP contribution in [0.2, 0.25) is 0 Å². The zero-order valence-electron chi connectivity index (χ0n) is 29.7. The molecular weight excluding hydrogens is 747 g/mol. The number of rotatable bonds is 13. The number of hydrogen-bond donors (Lipinski definition) is 6. The summed E-state index contributed by atoms with van der Waals surface area (Å²) in [4.78, 5) is 51.0. The SMILES string of the molecule is CC1(C)[C@H](NC(=O)/C(=N\O[C@](C)(C(=O)O)[C@H]2CCc3cc(-c4ccc5[n+](c4)CC(CN)CN5CCN)ccc3O2)c2csc(N)n2)C(=O)N1OS(=O)(=O)O. The summed E-state index contributed by atoms with van der Waals surface area (Å²) in [5, 5.41) is 18.6. The minimum atomic E-state index is -5.03. The van der Waals surface area contributed by atoms with Gasteiger partial charge in [0, 0.05) is 36.0 Å². The lowest BCUT2D eigenvalue weighted by Gasteiger charge is -2.50. The van der Waals surface area contributed by atoms with Gasteiger partial charge < -0.3 is 37.2 Å². The Bertz CT molecular complexity index is 2110. The summed E-state index contributed by atoms with van der Waals surface area (Å²) in [6.45, 7) is 7.46. The number of thiazole rings is 1. The molecule has 3 aliphatic rings. The number of aromatic nitrogens is 2. The monoisotopic (exact) mass is 788 g/mol. The Balaban J connectivity index is 1.21. The summed E-state index contributed by atoms with van der Waals surface area (Å²) >= 11 is 0.972. The number of pyridine rings is 1. The third-order valence-electron chi connectivity index (χ3n) is 9.80. The van der Waals surface area contributed by atoms with Crippen molar-refractivity contribution in [2.75, 3.05) is 36.8 Å². The zero-order chi connectivity index (χ0) is 39.2. The van der Waals surface area contributed by atoms with Gasteiger partial charge in [0.25, 0.3) is 23.2 Å². The first-order chi connectivity index (χ1) is 25.4. The Labute approximate surface area is 314 Å². The molecule has 6 rings (SSSR count). The fourth-order valence-electron chi connectivity index (χ4n) is 6.75. The predicted molar refractivity (Wildman–Crippen MR) is 194 cm³/mol. The van der Waals surface area contributed by atoms with Gasteiger partial charge in [0.15, 0.2) is 16.9 Å². The van der Waals surface area contributed by atoms with Gasteiger partial charge in [-0.15, -0.1) is 15.6 Å². The number of ether oxygens (including phenoxy) is 1. The molecule has 0 radical (unpaired) electrons. The number of carbonyl (C=O) groups is 3. The van der Waals surface area contributed by atoms with Gasteiger partial charge in [-0.1, -0.05) is 11.2 Å². The number of hydrogen-bond acceptors (Lipinski definition) is 15. The molecule has 3 aliphatic heterocycles. The number of nitrogens with zero attached hydrogens (tertiary/aromatic N) is 5. The number of nitrogens with one attached hydrogen (secondary N) is 1. The largest absolute Gasteiger partial charge is 0.485 e. The van der Waals surface area contributed by atoms with Gasteiger partial charge in [0.1, 0.15) is 17.5 Å². The summed E-state index contributed by atoms with van der Waals surface area (Å²) < 4.78 is 44.2. The molecule has 54 heavy (non-hydrogen) atoms.